The summed E-state index contributed by atoms with van der Waals surface area (Å²) in [4.78, 5) is 33.3. The highest BCUT2D eigenvalue weighted by Gasteiger charge is 2.44. The molecule has 0 unspecified atom stereocenters. The van der Waals surface area contributed by atoms with Crippen molar-refractivity contribution in [1.82, 2.24) is 24.5 Å². The monoisotopic (exact) mass is 425 g/mol. The Morgan fingerprint density at radius 2 is 2.13 bits per heavy atom. The summed E-state index contributed by atoms with van der Waals surface area (Å²) in [5.74, 6) is 5.42. The number of hydrogen-bond donors (Lipinski definition) is 4. The Morgan fingerprint density at radius 1 is 1.29 bits per heavy atom. The summed E-state index contributed by atoms with van der Waals surface area (Å²) in [5.41, 5.74) is 8.96. The average Bonchev–Trinajstić information content (AvgIpc) is 3.29. The molecule has 4 heterocycles. The van der Waals surface area contributed by atoms with Gasteiger partial charge in [0.05, 0.1) is 26.0 Å². The van der Waals surface area contributed by atoms with Crippen LogP contribution >= 0.6 is 0 Å². The molecule has 4 rings (SSSR count). The van der Waals surface area contributed by atoms with Crippen molar-refractivity contribution in [3.63, 3.8) is 0 Å². The molecule has 1 aliphatic rings. The van der Waals surface area contributed by atoms with Gasteiger partial charge in [-0.25, -0.2) is 20.4 Å². The molecule has 1 aliphatic heterocycles. The molecule has 12 nitrogen and oxygen atoms in total. The van der Waals surface area contributed by atoms with Gasteiger partial charge < -0.3 is 20.7 Å². The van der Waals surface area contributed by atoms with Crippen molar-refractivity contribution in [2.45, 2.75) is 31.0 Å². The van der Waals surface area contributed by atoms with Crippen LogP contribution in [0.2, 0.25) is 0 Å². The van der Waals surface area contributed by atoms with E-state index in [2.05, 4.69) is 37.3 Å². The van der Waals surface area contributed by atoms with Crippen molar-refractivity contribution < 1.29 is 24.6 Å². The van der Waals surface area contributed by atoms with Crippen LogP contribution in [0.5, 0.6) is 0 Å². The molecule has 3 aromatic rings. The molecule has 0 saturated carbocycles. The molecule has 1 amide bonds. The molecule has 0 aromatic carbocycles. The highest BCUT2D eigenvalue weighted by molar-refractivity contribution is 5.83. The number of anilines is 1. The number of nitrogens with one attached hydrogen (secondary N) is 1. The number of ether oxygens (including phenoxy) is 1. The molecular weight excluding hydrogens is 406 g/mol. The Kier molecular flexibility index (Phi) is 5.74. The van der Waals surface area contributed by atoms with Crippen molar-refractivity contribution >= 4 is 22.9 Å². The molecule has 0 radical (unpaired) electrons. The van der Waals surface area contributed by atoms with E-state index < -0.39 is 30.4 Å². The number of aliphatic hydroxyl groups is 2. The fraction of sp³-hybridized carbons (Fsp3) is 0.316. The predicted octanol–water partition coefficient (Wildman–Crippen LogP) is -0.911. The Balaban J connectivity index is 1.75. The molecule has 12 heteroatoms. The highest BCUT2D eigenvalue weighted by Crippen LogP contribution is 2.33. The number of aliphatic hydroxyl groups excluding tert-OH is 2. The van der Waals surface area contributed by atoms with Crippen molar-refractivity contribution in [3.8, 4) is 11.8 Å². The summed E-state index contributed by atoms with van der Waals surface area (Å²) in [6.07, 6.45) is -1.90. The van der Waals surface area contributed by atoms with E-state index in [1.807, 2.05) is 0 Å². The Labute approximate surface area is 176 Å². The van der Waals surface area contributed by atoms with Gasteiger partial charge in [0, 0.05) is 6.20 Å². The van der Waals surface area contributed by atoms with Gasteiger partial charge in [-0.2, -0.15) is 4.98 Å². The summed E-state index contributed by atoms with van der Waals surface area (Å²) in [7, 11) is 1.42. The lowest BCUT2D eigenvalue weighted by Gasteiger charge is -2.16. The summed E-state index contributed by atoms with van der Waals surface area (Å²) >= 11 is 0. The van der Waals surface area contributed by atoms with Crippen molar-refractivity contribution in [3.05, 3.63) is 42.2 Å². The molecule has 160 valence electrons. The number of aromatic nitrogens is 5. The normalized spacial score (nSPS) is 22.8. The van der Waals surface area contributed by atoms with Crippen molar-refractivity contribution in [2.24, 2.45) is 5.73 Å². The van der Waals surface area contributed by atoms with Crippen molar-refractivity contribution in [2.75, 3.05) is 12.6 Å². The minimum absolute atomic E-state index is 0.140. The van der Waals surface area contributed by atoms with Crippen LogP contribution < -0.4 is 11.2 Å². The lowest BCUT2D eigenvalue weighted by atomic mass is 10.1. The predicted molar refractivity (Wildman–Crippen MR) is 106 cm³/mol. The quantitative estimate of drug-likeness (QED) is 0.296. The average molecular weight is 425 g/mol. The molecule has 0 bridgehead atoms. The van der Waals surface area contributed by atoms with Crippen molar-refractivity contribution in [1.29, 1.82) is 0 Å². The standard InChI is InChI=1S/C19H19N7O5/c1-30-25-17-14-18(24-13(23-17)6-5-10-4-2-3-7-21-10)26(9-22-14)19-16(29)15(28)11(31-19)8-12(20)27/h2-4,7,9,11,15-16,19,28-29H,8H2,1H3,(H2,20,27)(H,23,24,25)/t11-,15+,16+,19+/m0/s1. The minimum Gasteiger partial charge on any atom is -0.388 e. The first-order valence-electron chi connectivity index (χ1n) is 9.24. The second-order valence-electron chi connectivity index (χ2n) is 6.71. The molecule has 31 heavy (non-hydrogen) atoms. The lowest BCUT2D eigenvalue weighted by molar-refractivity contribution is -0.122. The first-order chi connectivity index (χ1) is 15.0. The third kappa shape index (κ3) is 4.16. The summed E-state index contributed by atoms with van der Waals surface area (Å²) < 4.78 is 7.11. The lowest BCUT2D eigenvalue weighted by Crippen LogP contribution is -2.33. The van der Waals surface area contributed by atoms with Crippen LogP contribution in [0.15, 0.2) is 30.7 Å². The number of carbonyl (C=O) groups excluding carboxylic acids is 1. The first kappa shape index (κ1) is 20.6. The number of nitrogens with zero attached hydrogens (tertiary/aromatic N) is 5. The van der Waals surface area contributed by atoms with E-state index >= 15 is 0 Å². The van der Waals surface area contributed by atoms with Gasteiger partial charge in [0.1, 0.15) is 17.9 Å². The van der Waals surface area contributed by atoms with Crippen LogP contribution in [0.3, 0.4) is 0 Å². The number of carbonyl (C=O) groups is 1. The number of pyridine rings is 1. The highest BCUT2D eigenvalue weighted by atomic mass is 16.6. The summed E-state index contributed by atoms with van der Waals surface area (Å²) in [6, 6.07) is 5.33. The van der Waals surface area contributed by atoms with Gasteiger partial charge in [-0.3, -0.25) is 14.2 Å². The van der Waals surface area contributed by atoms with Gasteiger partial charge >= 0.3 is 0 Å². The van der Waals surface area contributed by atoms with Crippen LogP contribution in [0.4, 0.5) is 5.82 Å². The number of imidazole rings is 1. The summed E-state index contributed by atoms with van der Waals surface area (Å²) in [5, 5.41) is 20.7. The number of fused-ring (bicyclic) bond motifs is 1. The Hall–Kier alpha value is -3.63. The number of hydrogen-bond acceptors (Lipinski definition) is 10. The number of amides is 1. The van der Waals surface area contributed by atoms with Gasteiger partial charge in [0.25, 0.3) is 0 Å². The van der Waals surface area contributed by atoms with Crippen LogP contribution in [0, 0.1) is 11.8 Å². The third-order valence-corrected chi connectivity index (χ3v) is 4.60. The molecule has 3 aromatic heterocycles. The van der Waals surface area contributed by atoms with Crippen LogP contribution in [-0.4, -0.2) is 66.0 Å². The second kappa shape index (κ2) is 8.62. The van der Waals surface area contributed by atoms with Gasteiger partial charge in [0.2, 0.25) is 11.7 Å². The van der Waals surface area contributed by atoms with E-state index in [4.69, 9.17) is 15.3 Å². The van der Waals surface area contributed by atoms with Gasteiger partial charge in [-0.05, 0) is 24.0 Å². The van der Waals surface area contributed by atoms with E-state index in [1.165, 1.54) is 18.0 Å². The fourth-order valence-corrected chi connectivity index (χ4v) is 3.21. The zero-order valence-electron chi connectivity index (χ0n) is 16.3. The largest absolute Gasteiger partial charge is 0.388 e. The Morgan fingerprint density at radius 3 is 2.84 bits per heavy atom. The molecule has 4 atom stereocenters. The fourth-order valence-electron chi connectivity index (χ4n) is 3.21. The maximum Gasteiger partial charge on any atom is 0.220 e. The van der Waals surface area contributed by atoms with Gasteiger partial charge in [-0.15, -0.1) is 0 Å². The molecule has 1 saturated heterocycles. The maximum atomic E-state index is 11.2. The van der Waals surface area contributed by atoms with Crippen LogP contribution in [0.1, 0.15) is 24.2 Å². The van der Waals surface area contributed by atoms with E-state index in [-0.39, 0.29) is 23.7 Å². The van der Waals surface area contributed by atoms with Gasteiger partial charge in [-0.1, -0.05) is 6.07 Å². The zero-order valence-corrected chi connectivity index (χ0v) is 16.3. The molecule has 0 aliphatic carbocycles. The second-order valence-corrected chi connectivity index (χ2v) is 6.71. The molecule has 5 N–H and O–H groups in total. The van der Waals surface area contributed by atoms with E-state index in [9.17, 15) is 15.0 Å². The van der Waals surface area contributed by atoms with Crippen LogP contribution in [0.25, 0.3) is 11.2 Å². The van der Waals surface area contributed by atoms with Gasteiger partial charge in [0.15, 0.2) is 23.2 Å². The van der Waals surface area contributed by atoms with E-state index in [0.29, 0.717) is 11.2 Å². The number of primary amides is 1. The SMILES string of the molecule is CONc1nc(C#Cc2ccccn2)nc2c1ncn2[C@@H]1O[C@@H](CC(N)=O)[C@@H](O)[C@H]1O. The topological polar surface area (TPSA) is 171 Å². The third-order valence-electron chi connectivity index (χ3n) is 4.60. The molecule has 1 fully saturated rings. The minimum atomic E-state index is -1.33. The maximum absolute atomic E-state index is 11.2. The molecule has 0 spiro atoms. The number of rotatable bonds is 5. The number of nitrogens with two attached hydrogens (primary N) is 1. The van der Waals surface area contributed by atoms with Crippen LogP contribution in [-0.2, 0) is 14.4 Å². The van der Waals surface area contributed by atoms with E-state index in [0.717, 1.165) is 0 Å². The first-order valence-corrected chi connectivity index (χ1v) is 9.24. The zero-order chi connectivity index (χ0) is 22.0. The Bertz CT molecular complexity index is 1160. The molecular formula is C19H19N7O5. The summed E-state index contributed by atoms with van der Waals surface area (Å²) in [6.45, 7) is 0. The smallest absolute Gasteiger partial charge is 0.220 e. The van der Waals surface area contributed by atoms with E-state index in [1.54, 1.807) is 24.4 Å².